The highest BCUT2D eigenvalue weighted by molar-refractivity contribution is 7.18. The van der Waals surface area contributed by atoms with Gasteiger partial charge in [0.2, 0.25) is 5.91 Å². The molecule has 4 rings (SSSR count). The normalized spacial score (nSPS) is 15.1. The van der Waals surface area contributed by atoms with Crippen LogP contribution in [0.4, 0.5) is 10.2 Å². The first kappa shape index (κ1) is 19.8. The van der Waals surface area contributed by atoms with E-state index in [0.717, 1.165) is 47.5 Å². The average Bonchev–Trinajstić information content (AvgIpc) is 3.03. The zero-order chi connectivity index (χ0) is 20.4. The lowest BCUT2D eigenvalue weighted by Crippen LogP contribution is -2.41. The fraction of sp³-hybridized carbons (Fsp3) is 0.409. The van der Waals surface area contributed by atoms with Crippen LogP contribution in [0.2, 0.25) is 0 Å². The Hall–Kier alpha value is -2.54. The Morgan fingerprint density at radius 3 is 2.66 bits per heavy atom. The number of anilines is 1. The summed E-state index contributed by atoms with van der Waals surface area (Å²) in [6.07, 6.45) is 3.98. The zero-order valence-corrected chi connectivity index (χ0v) is 17.6. The molecular weight excluding hydrogens is 387 g/mol. The maximum atomic E-state index is 13.0. The minimum Gasteiger partial charge on any atom is -0.356 e. The maximum Gasteiger partial charge on any atom is 0.223 e. The SMILES string of the molecule is Cc1sc2ncnc(N3CCC(C(=O)NCCc4ccc(F)cc4)CC3)c2c1C. The van der Waals surface area contributed by atoms with Gasteiger partial charge in [-0.25, -0.2) is 14.4 Å². The number of carbonyl (C=O) groups is 1. The molecule has 0 unspecified atom stereocenters. The van der Waals surface area contributed by atoms with Crippen molar-refractivity contribution >= 4 is 33.3 Å². The summed E-state index contributed by atoms with van der Waals surface area (Å²) in [6, 6.07) is 6.43. The highest BCUT2D eigenvalue weighted by atomic mass is 32.1. The number of amides is 1. The Bertz CT molecular complexity index is 1010. The molecule has 0 atom stereocenters. The Kier molecular flexibility index (Phi) is 5.76. The van der Waals surface area contributed by atoms with Gasteiger partial charge in [-0.1, -0.05) is 12.1 Å². The van der Waals surface area contributed by atoms with Gasteiger partial charge in [0.1, 0.15) is 22.8 Å². The molecule has 0 saturated carbocycles. The molecule has 1 aliphatic heterocycles. The van der Waals surface area contributed by atoms with Gasteiger partial charge in [-0.3, -0.25) is 4.79 Å². The van der Waals surface area contributed by atoms with Crippen molar-refractivity contribution in [1.29, 1.82) is 0 Å². The summed E-state index contributed by atoms with van der Waals surface area (Å²) in [4.78, 5) is 26.1. The number of carbonyl (C=O) groups excluding carboxylic acids is 1. The van der Waals surface area contributed by atoms with Crippen molar-refractivity contribution in [2.45, 2.75) is 33.1 Å². The van der Waals surface area contributed by atoms with Crippen molar-refractivity contribution in [1.82, 2.24) is 15.3 Å². The van der Waals surface area contributed by atoms with Gasteiger partial charge in [-0.2, -0.15) is 0 Å². The number of nitrogens with one attached hydrogen (secondary N) is 1. The first-order valence-corrected chi connectivity index (χ1v) is 10.8. The van der Waals surface area contributed by atoms with Crippen LogP contribution in [0.3, 0.4) is 0 Å². The van der Waals surface area contributed by atoms with Gasteiger partial charge in [-0.15, -0.1) is 11.3 Å². The van der Waals surface area contributed by atoms with Gasteiger partial charge >= 0.3 is 0 Å². The fourth-order valence-electron chi connectivity index (χ4n) is 3.88. The topological polar surface area (TPSA) is 58.1 Å². The number of piperidine rings is 1. The van der Waals surface area contributed by atoms with Gasteiger partial charge < -0.3 is 10.2 Å². The molecular formula is C22H25FN4OS. The minimum absolute atomic E-state index is 0.0297. The number of fused-ring (bicyclic) bond motifs is 1. The van der Waals surface area contributed by atoms with E-state index in [1.807, 2.05) is 0 Å². The highest BCUT2D eigenvalue weighted by Crippen LogP contribution is 2.35. The van der Waals surface area contributed by atoms with E-state index in [-0.39, 0.29) is 17.6 Å². The lowest BCUT2D eigenvalue weighted by atomic mass is 9.95. The fourth-order valence-corrected chi connectivity index (χ4v) is 4.87. The molecule has 3 aromatic rings. The Morgan fingerprint density at radius 1 is 1.21 bits per heavy atom. The Morgan fingerprint density at radius 2 is 1.93 bits per heavy atom. The number of thiophene rings is 1. The summed E-state index contributed by atoms with van der Waals surface area (Å²) in [5, 5.41) is 4.19. The monoisotopic (exact) mass is 412 g/mol. The van der Waals surface area contributed by atoms with Crippen molar-refractivity contribution in [2.75, 3.05) is 24.5 Å². The molecule has 1 amide bonds. The van der Waals surface area contributed by atoms with Gasteiger partial charge in [0.25, 0.3) is 0 Å². The second-order valence-corrected chi connectivity index (χ2v) is 8.79. The van der Waals surface area contributed by atoms with Gasteiger partial charge in [0.15, 0.2) is 0 Å². The number of rotatable bonds is 5. The molecule has 7 heteroatoms. The van der Waals surface area contributed by atoms with Crippen LogP contribution >= 0.6 is 11.3 Å². The van der Waals surface area contributed by atoms with Gasteiger partial charge in [0, 0.05) is 30.4 Å². The third kappa shape index (κ3) is 4.24. The molecule has 0 radical (unpaired) electrons. The van der Waals surface area contributed by atoms with Crippen LogP contribution < -0.4 is 10.2 Å². The molecule has 0 aliphatic carbocycles. The molecule has 1 aliphatic rings. The number of halogens is 1. The molecule has 1 aromatic carbocycles. The van der Waals surface area contributed by atoms with E-state index in [0.29, 0.717) is 13.0 Å². The number of aryl methyl sites for hydroxylation is 2. The minimum atomic E-state index is -0.238. The van der Waals surface area contributed by atoms with Crippen LogP contribution in [-0.2, 0) is 11.2 Å². The number of nitrogens with zero attached hydrogens (tertiary/aromatic N) is 3. The van der Waals surface area contributed by atoms with E-state index in [4.69, 9.17) is 0 Å². The summed E-state index contributed by atoms with van der Waals surface area (Å²) < 4.78 is 13.0. The van der Waals surface area contributed by atoms with E-state index < -0.39 is 0 Å². The molecule has 29 heavy (non-hydrogen) atoms. The number of hydrogen-bond donors (Lipinski definition) is 1. The van der Waals surface area contributed by atoms with Crippen LogP contribution in [0.1, 0.15) is 28.8 Å². The largest absolute Gasteiger partial charge is 0.356 e. The molecule has 1 fully saturated rings. The molecule has 3 heterocycles. The van der Waals surface area contributed by atoms with Crippen LogP contribution in [-0.4, -0.2) is 35.5 Å². The maximum absolute atomic E-state index is 13.0. The van der Waals surface area contributed by atoms with Gasteiger partial charge in [0.05, 0.1) is 5.39 Å². The van der Waals surface area contributed by atoms with Crippen LogP contribution in [0.15, 0.2) is 30.6 Å². The van der Waals surface area contributed by atoms with E-state index in [1.54, 1.807) is 29.8 Å². The summed E-state index contributed by atoms with van der Waals surface area (Å²) >= 11 is 1.71. The predicted octanol–water partition coefficient (Wildman–Crippen LogP) is 4.02. The van der Waals surface area contributed by atoms with Crippen molar-refractivity contribution in [3.8, 4) is 0 Å². The average molecular weight is 413 g/mol. The Balaban J connectivity index is 1.32. The summed E-state index contributed by atoms with van der Waals surface area (Å²) in [5.74, 6) is 0.898. The van der Waals surface area contributed by atoms with Crippen LogP contribution in [0, 0.1) is 25.6 Å². The zero-order valence-electron chi connectivity index (χ0n) is 16.7. The smallest absolute Gasteiger partial charge is 0.223 e. The molecule has 5 nitrogen and oxygen atoms in total. The van der Waals surface area contributed by atoms with Crippen LogP contribution in [0.25, 0.3) is 10.2 Å². The second-order valence-electron chi connectivity index (χ2n) is 7.59. The van der Waals surface area contributed by atoms with Crippen molar-refractivity contribution in [2.24, 2.45) is 5.92 Å². The highest BCUT2D eigenvalue weighted by Gasteiger charge is 2.27. The third-order valence-electron chi connectivity index (χ3n) is 5.74. The molecule has 2 aromatic heterocycles. The standard InChI is InChI=1S/C22H25FN4OS/c1-14-15(2)29-22-19(14)20(25-13-26-22)27-11-8-17(9-12-27)21(28)24-10-7-16-3-5-18(23)6-4-16/h3-6,13,17H,7-12H2,1-2H3,(H,24,28). The molecule has 1 saturated heterocycles. The quantitative estimate of drug-likeness (QED) is 0.688. The third-order valence-corrected chi connectivity index (χ3v) is 6.85. The second kappa shape index (κ2) is 8.45. The van der Waals surface area contributed by atoms with Crippen LogP contribution in [0.5, 0.6) is 0 Å². The van der Waals surface area contributed by atoms with Gasteiger partial charge in [-0.05, 0) is 56.4 Å². The lowest BCUT2D eigenvalue weighted by Gasteiger charge is -2.32. The number of hydrogen-bond acceptors (Lipinski definition) is 5. The summed E-state index contributed by atoms with van der Waals surface area (Å²) in [6.45, 7) is 6.45. The lowest BCUT2D eigenvalue weighted by molar-refractivity contribution is -0.125. The number of benzene rings is 1. The number of aromatic nitrogens is 2. The first-order chi connectivity index (χ1) is 14.0. The van der Waals surface area contributed by atoms with E-state index in [9.17, 15) is 9.18 Å². The molecule has 0 spiro atoms. The van der Waals surface area contributed by atoms with Crippen molar-refractivity contribution in [3.63, 3.8) is 0 Å². The van der Waals surface area contributed by atoms with E-state index in [1.165, 1.54) is 22.6 Å². The van der Waals surface area contributed by atoms with Crippen molar-refractivity contribution < 1.29 is 9.18 Å². The molecule has 0 bridgehead atoms. The van der Waals surface area contributed by atoms with Crippen molar-refractivity contribution in [3.05, 3.63) is 52.4 Å². The first-order valence-electron chi connectivity index (χ1n) is 10.0. The molecule has 152 valence electrons. The van der Waals surface area contributed by atoms with E-state index >= 15 is 0 Å². The predicted molar refractivity (Wildman–Crippen MR) is 115 cm³/mol. The Labute approximate surface area is 174 Å². The summed E-state index contributed by atoms with van der Waals surface area (Å²) in [7, 11) is 0. The summed E-state index contributed by atoms with van der Waals surface area (Å²) in [5.41, 5.74) is 2.27. The van der Waals surface area contributed by atoms with E-state index in [2.05, 4.69) is 34.0 Å². The molecule has 1 N–H and O–H groups in total.